The van der Waals surface area contributed by atoms with Gasteiger partial charge in [-0.05, 0) is 127 Å². The summed E-state index contributed by atoms with van der Waals surface area (Å²) in [6.45, 7) is 2.01. The van der Waals surface area contributed by atoms with Crippen molar-refractivity contribution in [1.29, 1.82) is 5.26 Å². The smallest absolute Gasteiger partial charge is 0.0992 e. The molecule has 0 amide bonds. The third kappa shape index (κ3) is 7.40. The summed E-state index contributed by atoms with van der Waals surface area (Å²) in [5.74, 6) is 2.56. The molecule has 0 radical (unpaired) electrons. The van der Waals surface area contributed by atoms with Gasteiger partial charge < -0.3 is 0 Å². The van der Waals surface area contributed by atoms with Gasteiger partial charge in [-0.3, -0.25) is 0 Å². The number of benzene rings is 7. The Bertz CT molecular complexity index is 2450. The van der Waals surface area contributed by atoms with E-state index in [1.807, 2.05) is 31.2 Å². The molecule has 0 saturated carbocycles. The molecule has 0 spiro atoms. The zero-order valence-electron chi connectivity index (χ0n) is 28.4. The van der Waals surface area contributed by atoms with Crippen molar-refractivity contribution in [3.05, 3.63) is 199 Å². The van der Waals surface area contributed by atoms with Gasteiger partial charge >= 0.3 is 0 Å². The first-order chi connectivity index (χ1) is 25.1. The highest BCUT2D eigenvalue weighted by molar-refractivity contribution is 5.81. The molecule has 0 bridgehead atoms. The van der Waals surface area contributed by atoms with Crippen molar-refractivity contribution in [3.8, 4) is 85.2 Å². The summed E-state index contributed by atoms with van der Waals surface area (Å²) in [7, 11) is 0. The van der Waals surface area contributed by atoms with Gasteiger partial charge in [-0.1, -0.05) is 152 Å². The van der Waals surface area contributed by atoms with Crippen molar-refractivity contribution in [1.82, 2.24) is 0 Å². The van der Waals surface area contributed by atoms with Gasteiger partial charge in [0.25, 0.3) is 0 Å². The van der Waals surface area contributed by atoms with Crippen LogP contribution in [0.1, 0.15) is 18.1 Å². The number of nitriles is 1. The Morgan fingerprint density at radius 3 is 1.29 bits per heavy atom. The average molecular weight is 650 g/mol. The molecule has 0 heterocycles. The van der Waals surface area contributed by atoms with E-state index in [0.717, 1.165) is 55.6 Å². The fraction of sp³-hybridized carbons (Fsp3) is 0.0200. The lowest BCUT2D eigenvalue weighted by molar-refractivity contribution is 1.48. The number of hydrogen-bond donors (Lipinski definition) is 0. The Kier molecular flexibility index (Phi) is 9.65. The van der Waals surface area contributed by atoms with Crippen molar-refractivity contribution >= 4 is 5.57 Å². The predicted octanol–water partition coefficient (Wildman–Crippen LogP) is 13.2. The van der Waals surface area contributed by atoms with Crippen LogP contribution in [0.25, 0.3) is 72.3 Å². The fourth-order valence-corrected chi connectivity index (χ4v) is 6.48. The molecule has 1 nitrogen and oxygen atoms in total. The molecule has 0 atom stereocenters. The Hall–Kier alpha value is -6.93. The van der Waals surface area contributed by atoms with Gasteiger partial charge in [-0.2, -0.15) is 5.26 Å². The van der Waals surface area contributed by atoms with Gasteiger partial charge in [0.15, 0.2) is 0 Å². The SMILES string of the molecule is C#C/C=C\C(=C/C)c1ccc(-c2cccc(-c3cc(C#N)cc(-c4ccc(-c5cccc(-c6ccc(-c7ccccc7)cc6)c5)cc4)c3)c2)cc1. The van der Waals surface area contributed by atoms with Crippen molar-refractivity contribution in [2.45, 2.75) is 6.92 Å². The lowest BCUT2D eigenvalue weighted by Crippen LogP contribution is -1.87. The maximum atomic E-state index is 9.97. The highest BCUT2D eigenvalue weighted by atomic mass is 14.2. The molecule has 0 aliphatic rings. The monoisotopic (exact) mass is 649 g/mol. The Morgan fingerprint density at radius 2 is 0.824 bits per heavy atom. The minimum absolute atomic E-state index is 0.631. The Morgan fingerprint density at radius 1 is 0.451 bits per heavy atom. The van der Waals surface area contributed by atoms with Gasteiger partial charge in [-0.25, -0.2) is 0 Å². The second-order valence-electron chi connectivity index (χ2n) is 12.4. The van der Waals surface area contributed by atoms with Gasteiger partial charge in [0.1, 0.15) is 0 Å². The van der Waals surface area contributed by atoms with Gasteiger partial charge in [-0.15, -0.1) is 6.42 Å². The number of rotatable bonds is 8. The van der Waals surface area contributed by atoms with Crippen molar-refractivity contribution in [2.75, 3.05) is 0 Å². The van der Waals surface area contributed by atoms with Crippen LogP contribution in [0, 0.1) is 23.7 Å². The molecule has 0 saturated heterocycles. The van der Waals surface area contributed by atoms with Crippen LogP contribution in [0.2, 0.25) is 0 Å². The number of nitrogens with zero attached hydrogens (tertiary/aromatic N) is 1. The largest absolute Gasteiger partial charge is 0.192 e. The van der Waals surface area contributed by atoms with E-state index in [0.29, 0.717) is 5.56 Å². The normalized spacial score (nSPS) is 11.2. The van der Waals surface area contributed by atoms with Crippen LogP contribution in [0.3, 0.4) is 0 Å². The first kappa shape index (κ1) is 32.6. The van der Waals surface area contributed by atoms with Crippen molar-refractivity contribution in [3.63, 3.8) is 0 Å². The minimum atomic E-state index is 0.631. The maximum Gasteiger partial charge on any atom is 0.0992 e. The summed E-state index contributed by atoms with van der Waals surface area (Å²) in [6, 6.07) is 62.0. The van der Waals surface area contributed by atoms with Crippen LogP contribution in [0.4, 0.5) is 0 Å². The van der Waals surface area contributed by atoms with Crippen LogP contribution in [-0.4, -0.2) is 0 Å². The third-order valence-electron chi connectivity index (χ3n) is 9.22. The van der Waals surface area contributed by atoms with Crippen LogP contribution in [-0.2, 0) is 0 Å². The van der Waals surface area contributed by atoms with E-state index in [9.17, 15) is 5.26 Å². The lowest BCUT2D eigenvalue weighted by atomic mass is 9.93. The second kappa shape index (κ2) is 15.1. The van der Waals surface area contributed by atoms with Gasteiger partial charge in [0.2, 0.25) is 0 Å². The molecule has 51 heavy (non-hydrogen) atoms. The summed E-state index contributed by atoms with van der Waals surface area (Å²) in [4.78, 5) is 0. The Labute approximate surface area is 301 Å². The van der Waals surface area contributed by atoms with E-state index >= 15 is 0 Å². The summed E-state index contributed by atoms with van der Waals surface area (Å²) in [6.07, 6.45) is 11.1. The zero-order valence-corrected chi connectivity index (χ0v) is 28.4. The molecule has 7 rings (SSSR count). The summed E-state index contributed by atoms with van der Waals surface area (Å²) < 4.78 is 0. The van der Waals surface area contributed by atoms with Crippen molar-refractivity contribution in [2.24, 2.45) is 0 Å². The summed E-state index contributed by atoms with van der Waals surface area (Å²) >= 11 is 0. The lowest BCUT2D eigenvalue weighted by Gasteiger charge is -2.11. The molecule has 1 heteroatoms. The molecule has 0 aliphatic carbocycles. The predicted molar refractivity (Wildman–Crippen MR) is 215 cm³/mol. The maximum absolute atomic E-state index is 9.97. The van der Waals surface area contributed by atoms with Gasteiger partial charge in [0.05, 0.1) is 11.6 Å². The summed E-state index contributed by atoms with van der Waals surface area (Å²) in [5.41, 5.74) is 16.3. The topological polar surface area (TPSA) is 23.8 Å². The first-order valence-electron chi connectivity index (χ1n) is 17.0. The van der Waals surface area contributed by atoms with Crippen LogP contribution >= 0.6 is 0 Å². The van der Waals surface area contributed by atoms with Crippen LogP contribution in [0.5, 0.6) is 0 Å². The van der Waals surface area contributed by atoms with E-state index in [4.69, 9.17) is 6.42 Å². The Balaban J connectivity index is 1.13. The molecule has 240 valence electrons. The molecule has 0 N–H and O–H groups in total. The number of terminal acetylenes is 1. The molecule has 0 aromatic heterocycles. The van der Waals surface area contributed by atoms with Crippen LogP contribution < -0.4 is 0 Å². The van der Waals surface area contributed by atoms with Crippen LogP contribution in [0.15, 0.2) is 188 Å². The van der Waals surface area contributed by atoms with E-state index in [1.165, 1.54) is 22.3 Å². The van der Waals surface area contributed by atoms with Gasteiger partial charge in [0, 0.05) is 0 Å². The number of allylic oxidation sites excluding steroid dienone is 4. The van der Waals surface area contributed by atoms with E-state index in [2.05, 4.69) is 170 Å². The summed E-state index contributed by atoms with van der Waals surface area (Å²) in [5, 5.41) is 9.97. The van der Waals surface area contributed by atoms with Crippen molar-refractivity contribution < 1.29 is 0 Å². The second-order valence-corrected chi connectivity index (χ2v) is 12.4. The van der Waals surface area contributed by atoms with E-state index in [1.54, 1.807) is 6.08 Å². The minimum Gasteiger partial charge on any atom is -0.192 e. The molecule has 0 fully saturated rings. The first-order valence-corrected chi connectivity index (χ1v) is 17.0. The third-order valence-corrected chi connectivity index (χ3v) is 9.22. The number of hydrogen-bond acceptors (Lipinski definition) is 1. The quantitative estimate of drug-likeness (QED) is 0.119. The molecule has 0 aliphatic heterocycles. The van der Waals surface area contributed by atoms with E-state index < -0.39 is 0 Å². The average Bonchev–Trinajstić information content (AvgIpc) is 3.21. The standard InChI is InChI=1S/C50H35N/c1-3-5-11-37(4-2)39-18-22-41(23-19-39)47-16-10-17-48(33-47)50-31-36(35-51)30-49(34-50)44-28-26-43(27-29-44)46-15-9-14-45(32-46)42-24-20-40(21-25-42)38-12-7-6-8-13-38/h1,4-34H,2H3/b11-5-,37-4+. The molecule has 7 aromatic rings. The molecular formula is C50H35N. The fourth-order valence-electron chi connectivity index (χ4n) is 6.48. The highest BCUT2D eigenvalue weighted by Gasteiger charge is 2.09. The molecule has 7 aromatic carbocycles. The van der Waals surface area contributed by atoms with E-state index in [-0.39, 0.29) is 0 Å². The zero-order chi connectivity index (χ0) is 35.0. The molecular weight excluding hydrogens is 615 g/mol. The highest BCUT2D eigenvalue weighted by Crippen LogP contribution is 2.34. The molecule has 0 unspecified atom stereocenters.